The topological polar surface area (TPSA) is 61.6 Å². The lowest BCUT2D eigenvalue weighted by molar-refractivity contribution is 0.860. The first-order valence-corrected chi connectivity index (χ1v) is 5.70. The minimum Gasteiger partial charge on any atom is -0.361 e. The van der Waals surface area contributed by atoms with Crippen LogP contribution in [0.25, 0.3) is 0 Å². The molecule has 0 aliphatic heterocycles. The fourth-order valence-corrected chi connectivity index (χ4v) is 1.96. The van der Waals surface area contributed by atoms with Gasteiger partial charge in [0.1, 0.15) is 22.6 Å². The summed E-state index contributed by atoms with van der Waals surface area (Å²) in [5.41, 5.74) is 0.413. The summed E-state index contributed by atoms with van der Waals surface area (Å²) in [5, 5.41) is 14.9. The highest BCUT2D eigenvalue weighted by Crippen LogP contribution is 2.19. The van der Waals surface area contributed by atoms with E-state index in [-0.39, 0.29) is 6.04 Å². The summed E-state index contributed by atoms with van der Waals surface area (Å²) in [6.45, 7) is 2.01. The van der Waals surface area contributed by atoms with Gasteiger partial charge in [0.25, 0.3) is 0 Å². The van der Waals surface area contributed by atoms with Crippen LogP contribution in [0.2, 0.25) is 0 Å². The molecule has 0 bridgehead atoms. The van der Waals surface area contributed by atoms with Gasteiger partial charge in [0.15, 0.2) is 0 Å². The molecule has 0 fully saturated rings. The van der Waals surface area contributed by atoms with Gasteiger partial charge in [-0.25, -0.2) is 9.97 Å². The van der Waals surface area contributed by atoms with E-state index in [4.69, 9.17) is 5.26 Å². The van der Waals surface area contributed by atoms with Crippen molar-refractivity contribution in [3.05, 3.63) is 40.5 Å². The number of nitrogens with one attached hydrogen (secondary N) is 1. The Kier molecular flexibility index (Phi) is 3.13. The molecule has 16 heavy (non-hydrogen) atoms. The van der Waals surface area contributed by atoms with Crippen molar-refractivity contribution in [2.45, 2.75) is 13.0 Å². The zero-order chi connectivity index (χ0) is 11.4. The largest absolute Gasteiger partial charge is 0.361 e. The van der Waals surface area contributed by atoms with E-state index in [0.29, 0.717) is 11.5 Å². The minimum absolute atomic E-state index is 0.0986. The summed E-state index contributed by atoms with van der Waals surface area (Å²) in [6.07, 6.45) is 1.78. The van der Waals surface area contributed by atoms with Crippen LogP contribution in [0.3, 0.4) is 0 Å². The standard InChI is InChI=1S/C11H10N4S/c1-8(11-13-5-6-16-11)14-10-4-2-3-9(7-12)15-10/h2-6,8H,1H3,(H,14,15)/t8-/m0/s1. The molecule has 2 heterocycles. The number of nitriles is 1. The summed E-state index contributed by atoms with van der Waals surface area (Å²) in [6, 6.07) is 7.44. The maximum Gasteiger partial charge on any atom is 0.142 e. The Labute approximate surface area is 97.6 Å². The van der Waals surface area contributed by atoms with Gasteiger partial charge in [-0.3, -0.25) is 0 Å². The molecule has 2 rings (SSSR count). The van der Waals surface area contributed by atoms with Crippen molar-refractivity contribution < 1.29 is 0 Å². The number of rotatable bonds is 3. The first kappa shape index (κ1) is 10.6. The van der Waals surface area contributed by atoms with Crippen molar-refractivity contribution in [2.75, 3.05) is 5.32 Å². The third kappa shape index (κ3) is 2.35. The number of pyridine rings is 1. The molecule has 0 saturated carbocycles. The normalized spacial score (nSPS) is 11.8. The molecule has 5 heteroatoms. The van der Waals surface area contributed by atoms with E-state index in [2.05, 4.69) is 15.3 Å². The maximum absolute atomic E-state index is 8.73. The molecule has 2 aromatic rings. The number of thiazole rings is 1. The average molecular weight is 230 g/mol. The zero-order valence-corrected chi connectivity index (χ0v) is 9.53. The SMILES string of the molecule is C[C@H](Nc1cccc(C#N)n1)c1nccs1. The number of hydrogen-bond acceptors (Lipinski definition) is 5. The van der Waals surface area contributed by atoms with Crippen molar-refractivity contribution in [1.82, 2.24) is 9.97 Å². The van der Waals surface area contributed by atoms with Crippen LogP contribution in [0.15, 0.2) is 29.8 Å². The van der Waals surface area contributed by atoms with Gasteiger partial charge in [0.05, 0.1) is 6.04 Å². The molecular formula is C11H10N4S. The summed E-state index contributed by atoms with van der Waals surface area (Å²) in [7, 11) is 0. The van der Waals surface area contributed by atoms with E-state index in [1.165, 1.54) is 0 Å². The third-order valence-electron chi connectivity index (χ3n) is 2.05. The lowest BCUT2D eigenvalue weighted by Crippen LogP contribution is -2.07. The smallest absolute Gasteiger partial charge is 0.142 e. The molecule has 80 valence electrons. The van der Waals surface area contributed by atoms with Crippen LogP contribution in [-0.4, -0.2) is 9.97 Å². The van der Waals surface area contributed by atoms with Crippen LogP contribution >= 0.6 is 11.3 Å². The van der Waals surface area contributed by atoms with Gasteiger partial charge in [-0.1, -0.05) is 6.07 Å². The van der Waals surface area contributed by atoms with Crippen LogP contribution in [0.4, 0.5) is 5.82 Å². The fraction of sp³-hybridized carbons (Fsp3) is 0.182. The average Bonchev–Trinajstić information content (AvgIpc) is 2.83. The molecule has 0 radical (unpaired) electrons. The van der Waals surface area contributed by atoms with Crippen LogP contribution in [0.1, 0.15) is 23.7 Å². The van der Waals surface area contributed by atoms with Crippen LogP contribution in [0.5, 0.6) is 0 Å². The molecule has 2 aromatic heterocycles. The number of anilines is 1. The van der Waals surface area contributed by atoms with Crippen molar-refractivity contribution in [1.29, 1.82) is 5.26 Å². The third-order valence-corrected chi connectivity index (χ3v) is 3.01. The molecule has 4 nitrogen and oxygen atoms in total. The second-order valence-electron chi connectivity index (χ2n) is 3.26. The molecule has 0 amide bonds. The second-order valence-corrected chi connectivity index (χ2v) is 4.18. The van der Waals surface area contributed by atoms with E-state index in [9.17, 15) is 0 Å². The first-order chi connectivity index (χ1) is 7.79. The van der Waals surface area contributed by atoms with Gasteiger partial charge in [0, 0.05) is 11.6 Å². The molecule has 0 saturated heterocycles. The van der Waals surface area contributed by atoms with E-state index in [1.54, 1.807) is 23.6 Å². The highest BCUT2D eigenvalue weighted by atomic mass is 32.1. The summed E-state index contributed by atoms with van der Waals surface area (Å²) >= 11 is 1.59. The molecule has 0 aromatic carbocycles. The Morgan fingerprint density at radius 3 is 3.06 bits per heavy atom. The van der Waals surface area contributed by atoms with Gasteiger partial charge >= 0.3 is 0 Å². The zero-order valence-electron chi connectivity index (χ0n) is 8.71. The Hall–Kier alpha value is -1.93. The Morgan fingerprint density at radius 1 is 1.50 bits per heavy atom. The summed E-state index contributed by atoms with van der Waals surface area (Å²) < 4.78 is 0. The number of nitrogens with zero attached hydrogens (tertiary/aromatic N) is 3. The molecule has 0 spiro atoms. The predicted molar refractivity (Wildman–Crippen MR) is 63.1 cm³/mol. The maximum atomic E-state index is 8.73. The van der Waals surface area contributed by atoms with E-state index in [0.717, 1.165) is 5.01 Å². The monoisotopic (exact) mass is 230 g/mol. The molecule has 0 aliphatic rings. The van der Waals surface area contributed by atoms with E-state index < -0.39 is 0 Å². The fourth-order valence-electron chi connectivity index (χ4n) is 1.31. The van der Waals surface area contributed by atoms with Gasteiger partial charge in [-0.05, 0) is 19.1 Å². The Bertz CT molecular complexity index is 501. The molecule has 1 N–H and O–H groups in total. The van der Waals surface area contributed by atoms with Crippen LogP contribution < -0.4 is 5.32 Å². The van der Waals surface area contributed by atoms with Gasteiger partial charge in [-0.15, -0.1) is 11.3 Å². The highest BCUT2D eigenvalue weighted by molar-refractivity contribution is 7.09. The van der Waals surface area contributed by atoms with Gasteiger partial charge in [0.2, 0.25) is 0 Å². The van der Waals surface area contributed by atoms with Crippen LogP contribution in [0, 0.1) is 11.3 Å². The van der Waals surface area contributed by atoms with Crippen molar-refractivity contribution in [3.63, 3.8) is 0 Å². The number of aromatic nitrogens is 2. The molecule has 0 unspecified atom stereocenters. The van der Waals surface area contributed by atoms with Crippen molar-refractivity contribution in [2.24, 2.45) is 0 Å². The van der Waals surface area contributed by atoms with E-state index in [1.807, 2.05) is 30.5 Å². The van der Waals surface area contributed by atoms with E-state index >= 15 is 0 Å². The lowest BCUT2D eigenvalue weighted by atomic mass is 10.3. The molecule has 0 aliphatic carbocycles. The minimum atomic E-state index is 0.0986. The summed E-state index contributed by atoms with van der Waals surface area (Å²) in [5.74, 6) is 0.696. The van der Waals surface area contributed by atoms with Crippen LogP contribution in [-0.2, 0) is 0 Å². The lowest BCUT2D eigenvalue weighted by Gasteiger charge is -2.11. The quantitative estimate of drug-likeness (QED) is 0.880. The van der Waals surface area contributed by atoms with Gasteiger partial charge < -0.3 is 5.32 Å². The summed E-state index contributed by atoms with van der Waals surface area (Å²) in [4.78, 5) is 8.36. The number of hydrogen-bond donors (Lipinski definition) is 1. The predicted octanol–water partition coefficient (Wildman–Crippen LogP) is 2.58. The highest BCUT2D eigenvalue weighted by Gasteiger charge is 2.08. The first-order valence-electron chi connectivity index (χ1n) is 4.82. The Balaban J connectivity index is 2.12. The van der Waals surface area contributed by atoms with Crippen molar-refractivity contribution >= 4 is 17.2 Å². The Morgan fingerprint density at radius 2 is 2.38 bits per heavy atom. The second kappa shape index (κ2) is 4.73. The molecular weight excluding hydrogens is 220 g/mol. The van der Waals surface area contributed by atoms with Crippen molar-refractivity contribution in [3.8, 4) is 6.07 Å². The molecule has 1 atom stereocenters. The van der Waals surface area contributed by atoms with Gasteiger partial charge in [-0.2, -0.15) is 5.26 Å².